The van der Waals surface area contributed by atoms with Gasteiger partial charge in [-0.25, -0.2) is 8.42 Å². The van der Waals surface area contributed by atoms with Crippen LogP contribution in [0.3, 0.4) is 0 Å². The zero-order chi connectivity index (χ0) is 12.5. The summed E-state index contributed by atoms with van der Waals surface area (Å²) in [6.07, 6.45) is 1.66. The fourth-order valence-electron chi connectivity index (χ4n) is 2.02. The summed E-state index contributed by atoms with van der Waals surface area (Å²) in [6, 6.07) is 0.0470. The van der Waals surface area contributed by atoms with E-state index in [0.717, 1.165) is 24.5 Å². The molecule has 2 heterocycles. The normalized spacial score (nSPS) is 23.8. The minimum absolute atomic E-state index is 0.0470. The molecule has 0 aromatic carbocycles. The number of rotatable bonds is 3. The van der Waals surface area contributed by atoms with E-state index in [2.05, 4.69) is 15.5 Å². The number of aromatic nitrogens is 3. The summed E-state index contributed by atoms with van der Waals surface area (Å²) < 4.78 is 24.8. The summed E-state index contributed by atoms with van der Waals surface area (Å²) in [6.45, 7) is 2.46. The second-order valence-electron chi connectivity index (χ2n) is 4.56. The number of aryl methyl sites for hydroxylation is 1. The van der Waals surface area contributed by atoms with Crippen LogP contribution < -0.4 is 5.32 Å². The van der Waals surface area contributed by atoms with Crippen molar-refractivity contribution in [3.8, 4) is 0 Å². The van der Waals surface area contributed by atoms with Crippen molar-refractivity contribution in [2.24, 2.45) is 7.05 Å². The van der Waals surface area contributed by atoms with Crippen LogP contribution in [-0.4, -0.2) is 40.7 Å². The Morgan fingerprint density at radius 2 is 2.24 bits per heavy atom. The fourth-order valence-corrected chi connectivity index (χ4v) is 3.70. The SMILES string of the molecule is Cc1nnc(CNC2CCCS(=O)(=O)C2)n1C. The molecule has 0 amide bonds. The third-order valence-corrected chi connectivity index (χ3v) is 5.02. The van der Waals surface area contributed by atoms with Crippen LogP contribution in [-0.2, 0) is 23.4 Å². The molecule has 2 rings (SSSR count). The van der Waals surface area contributed by atoms with Crippen molar-refractivity contribution >= 4 is 9.84 Å². The van der Waals surface area contributed by atoms with E-state index < -0.39 is 9.84 Å². The molecule has 0 spiro atoms. The van der Waals surface area contributed by atoms with E-state index in [0.29, 0.717) is 12.3 Å². The van der Waals surface area contributed by atoms with Crippen LogP contribution in [0.4, 0.5) is 0 Å². The molecule has 6 nitrogen and oxygen atoms in total. The molecule has 7 heteroatoms. The molecule has 0 radical (unpaired) electrons. The average Bonchev–Trinajstić information content (AvgIpc) is 2.56. The van der Waals surface area contributed by atoms with Gasteiger partial charge >= 0.3 is 0 Å². The van der Waals surface area contributed by atoms with Crippen molar-refractivity contribution in [1.29, 1.82) is 0 Å². The third kappa shape index (κ3) is 3.04. The summed E-state index contributed by atoms with van der Waals surface area (Å²) in [5.41, 5.74) is 0. The first kappa shape index (κ1) is 12.5. The van der Waals surface area contributed by atoms with Gasteiger partial charge in [0.2, 0.25) is 0 Å². The Kier molecular flexibility index (Phi) is 3.48. The summed E-state index contributed by atoms with van der Waals surface area (Å²) in [7, 11) is -0.940. The highest BCUT2D eigenvalue weighted by Gasteiger charge is 2.24. The molecule has 96 valence electrons. The number of nitrogens with zero attached hydrogens (tertiary/aromatic N) is 3. The molecule has 1 aliphatic heterocycles. The number of hydrogen-bond donors (Lipinski definition) is 1. The van der Waals surface area contributed by atoms with Gasteiger partial charge in [-0.2, -0.15) is 0 Å². The van der Waals surface area contributed by atoms with Crippen molar-refractivity contribution in [3.63, 3.8) is 0 Å². The molecule has 1 N–H and O–H groups in total. The molecule has 1 aromatic heterocycles. The van der Waals surface area contributed by atoms with E-state index in [1.807, 2.05) is 18.5 Å². The topological polar surface area (TPSA) is 76.9 Å². The minimum atomic E-state index is -2.85. The first-order chi connectivity index (χ1) is 7.98. The summed E-state index contributed by atoms with van der Waals surface area (Å²) in [4.78, 5) is 0. The van der Waals surface area contributed by atoms with Gasteiger partial charge in [0, 0.05) is 13.1 Å². The Balaban J connectivity index is 1.92. The highest BCUT2D eigenvalue weighted by molar-refractivity contribution is 7.91. The molecule has 0 saturated carbocycles. The zero-order valence-electron chi connectivity index (χ0n) is 10.2. The molecule has 0 bridgehead atoms. The molecule has 0 aliphatic carbocycles. The fraction of sp³-hybridized carbons (Fsp3) is 0.800. The van der Waals surface area contributed by atoms with E-state index in [9.17, 15) is 8.42 Å². The van der Waals surface area contributed by atoms with Gasteiger partial charge in [0.1, 0.15) is 11.6 Å². The Labute approximate surface area is 101 Å². The summed E-state index contributed by atoms with van der Waals surface area (Å²) in [5, 5.41) is 11.2. The Morgan fingerprint density at radius 3 is 2.82 bits per heavy atom. The van der Waals surface area contributed by atoms with E-state index in [1.54, 1.807) is 0 Å². The predicted molar refractivity (Wildman–Crippen MR) is 64.3 cm³/mol. The van der Waals surface area contributed by atoms with Crippen molar-refractivity contribution < 1.29 is 8.42 Å². The molecule has 17 heavy (non-hydrogen) atoms. The third-order valence-electron chi connectivity index (χ3n) is 3.19. The van der Waals surface area contributed by atoms with E-state index in [-0.39, 0.29) is 11.8 Å². The van der Waals surface area contributed by atoms with Crippen LogP contribution >= 0.6 is 0 Å². The lowest BCUT2D eigenvalue weighted by molar-refractivity contribution is 0.470. The van der Waals surface area contributed by atoms with Gasteiger partial charge in [0.05, 0.1) is 18.1 Å². The minimum Gasteiger partial charge on any atom is -0.317 e. The van der Waals surface area contributed by atoms with Crippen LogP contribution in [0.1, 0.15) is 24.5 Å². The van der Waals surface area contributed by atoms with Gasteiger partial charge < -0.3 is 9.88 Å². The molecule has 1 unspecified atom stereocenters. The molecule has 1 saturated heterocycles. The lowest BCUT2D eigenvalue weighted by atomic mass is 10.2. The van der Waals surface area contributed by atoms with Crippen LogP contribution in [0.5, 0.6) is 0 Å². The van der Waals surface area contributed by atoms with Crippen LogP contribution in [0.2, 0.25) is 0 Å². The lowest BCUT2D eigenvalue weighted by Gasteiger charge is -2.22. The van der Waals surface area contributed by atoms with Crippen molar-refractivity contribution in [1.82, 2.24) is 20.1 Å². The van der Waals surface area contributed by atoms with Crippen molar-refractivity contribution in [2.45, 2.75) is 32.4 Å². The van der Waals surface area contributed by atoms with Crippen molar-refractivity contribution in [3.05, 3.63) is 11.6 Å². The second kappa shape index (κ2) is 4.73. The van der Waals surface area contributed by atoms with Gasteiger partial charge in [0.25, 0.3) is 0 Å². The van der Waals surface area contributed by atoms with E-state index >= 15 is 0 Å². The zero-order valence-corrected chi connectivity index (χ0v) is 11.0. The highest BCUT2D eigenvalue weighted by Crippen LogP contribution is 2.12. The van der Waals surface area contributed by atoms with Gasteiger partial charge in [-0.3, -0.25) is 0 Å². The first-order valence-corrected chi connectivity index (χ1v) is 7.59. The molecule has 1 fully saturated rings. The number of sulfone groups is 1. The molecular formula is C10H18N4O2S. The Hall–Kier alpha value is -0.950. The predicted octanol–water partition coefficient (Wildman–Crippen LogP) is -0.210. The van der Waals surface area contributed by atoms with E-state index in [1.165, 1.54) is 0 Å². The summed E-state index contributed by atoms with van der Waals surface area (Å²) >= 11 is 0. The van der Waals surface area contributed by atoms with Gasteiger partial charge in [-0.1, -0.05) is 0 Å². The average molecular weight is 258 g/mol. The molecule has 1 atom stereocenters. The van der Waals surface area contributed by atoms with Gasteiger partial charge in [-0.15, -0.1) is 10.2 Å². The Morgan fingerprint density at radius 1 is 1.47 bits per heavy atom. The smallest absolute Gasteiger partial charge is 0.151 e. The van der Waals surface area contributed by atoms with Crippen LogP contribution in [0.25, 0.3) is 0 Å². The maximum Gasteiger partial charge on any atom is 0.151 e. The number of nitrogens with one attached hydrogen (secondary N) is 1. The number of hydrogen-bond acceptors (Lipinski definition) is 5. The monoisotopic (exact) mass is 258 g/mol. The molecular weight excluding hydrogens is 240 g/mol. The molecule has 1 aliphatic rings. The molecule has 1 aromatic rings. The summed E-state index contributed by atoms with van der Waals surface area (Å²) in [5.74, 6) is 2.27. The Bertz CT molecular complexity index is 494. The quantitative estimate of drug-likeness (QED) is 0.812. The van der Waals surface area contributed by atoms with Crippen LogP contribution in [0, 0.1) is 6.92 Å². The second-order valence-corrected chi connectivity index (χ2v) is 6.79. The first-order valence-electron chi connectivity index (χ1n) is 5.76. The lowest BCUT2D eigenvalue weighted by Crippen LogP contribution is -2.40. The maximum absolute atomic E-state index is 11.5. The maximum atomic E-state index is 11.5. The van der Waals surface area contributed by atoms with E-state index in [4.69, 9.17) is 0 Å². The van der Waals surface area contributed by atoms with Gasteiger partial charge in [-0.05, 0) is 19.8 Å². The highest BCUT2D eigenvalue weighted by atomic mass is 32.2. The van der Waals surface area contributed by atoms with Crippen LogP contribution in [0.15, 0.2) is 0 Å². The standard InChI is InChI=1S/C10H18N4O2S/c1-8-12-13-10(14(8)2)6-11-9-4-3-5-17(15,16)7-9/h9,11H,3-7H2,1-2H3. The van der Waals surface area contributed by atoms with Crippen molar-refractivity contribution in [2.75, 3.05) is 11.5 Å². The largest absolute Gasteiger partial charge is 0.317 e. The van der Waals surface area contributed by atoms with Gasteiger partial charge in [0.15, 0.2) is 9.84 Å².